The van der Waals surface area contributed by atoms with E-state index in [0.29, 0.717) is 23.6 Å². The largest absolute Gasteiger partial charge is 0.481 e. The number of anilines is 1. The van der Waals surface area contributed by atoms with Crippen LogP contribution in [-0.4, -0.2) is 41.3 Å². The predicted molar refractivity (Wildman–Crippen MR) is 67.5 cm³/mol. The lowest BCUT2D eigenvalue weighted by molar-refractivity contribution is -0.137. The molecule has 1 heterocycles. The highest BCUT2D eigenvalue weighted by molar-refractivity contribution is 5.68. The van der Waals surface area contributed by atoms with Crippen LogP contribution >= 0.6 is 0 Å². The van der Waals surface area contributed by atoms with Crippen LogP contribution in [0.1, 0.15) is 19.3 Å². The van der Waals surface area contributed by atoms with Crippen LogP contribution in [-0.2, 0) is 4.79 Å². The summed E-state index contributed by atoms with van der Waals surface area (Å²) in [4.78, 5) is 19.1. The smallest absolute Gasteiger partial charge is 0.305 e. The lowest BCUT2D eigenvalue weighted by atomic mass is 10.1. The van der Waals surface area contributed by atoms with Gasteiger partial charge in [0.15, 0.2) is 0 Å². The van der Waals surface area contributed by atoms with Crippen LogP contribution in [0.5, 0.6) is 11.8 Å². The summed E-state index contributed by atoms with van der Waals surface area (Å²) in [5, 5.41) is 12.0. The van der Waals surface area contributed by atoms with E-state index < -0.39 is 5.97 Å². The molecule has 0 saturated heterocycles. The van der Waals surface area contributed by atoms with Gasteiger partial charge in [-0.2, -0.15) is 9.97 Å². The molecule has 0 aromatic carbocycles. The molecule has 1 aliphatic rings. The van der Waals surface area contributed by atoms with Crippen molar-refractivity contribution in [3.63, 3.8) is 0 Å². The van der Waals surface area contributed by atoms with Gasteiger partial charge in [0.25, 0.3) is 0 Å². The van der Waals surface area contributed by atoms with E-state index in [9.17, 15) is 4.79 Å². The number of aromatic nitrogens is 2. The van der Waals surface area contributed by atoms with E-state index in [0.717, 1.165) is 12.8 Å². The van der Waals surface area contributed by atoms with Crippen LogP contribution in [0, 0.1) is 5.92 Å². The first-order chi connectivity index (χ1) is 9.12. The highest BCUT2D eigenvalue weighted by Crippen LogP contribution is 2.35. The van der Waals surface area contributed by atoms with E-state index in [1.165, 1.54) is 14.2 Å². The molecule has 1 saturated carbocycles. The molecule has 0 amide bonds. The van der Waals surface area contributed by atoms with Gasteiger partial charge in [-0.3, -0.25) is 4.79 Å². The molecule has 1 atom stereocenters. The molecule has 1 aromatic heterocycles. The zero-order valence-corrected chi connectivity index (χ0v) is 10.9. The first-order valence-corrected chi connectivity index (χ1v) is 6.07. The van der Waals surface area contributed by atoms with Crippen LogP contribution in [0.2, 0.25) is 0 Å². The third kappa shape index (κ3) is 3.70. The van der Waals surface area contributed by atoms with Crippen LogP contribution in [0.4, 0.5) is 5.95 Å². The Bertz CT molecular complexity index is 440. The van der Waals surface area contributed by atoms with Crippen LogP contribution in [0.15, 0.2) is 6.07 Å². The Hall–Kier alpha value is -2.05. The molecule has 1 unspecified atom stereocenters. The summed E-state index contributed by atoms with van der Waals surface area (Å²) in [6.07, 6.45) is 2.12. The molecule has 1 aromatic rings. The minimum Gasteiger partial charge on any atom is -0.481 e. The zero-order chi connectivity index (χ0) is 13.8. The maximum Gasteiger partial charge on any atom is 0.305 e. The third-order valence-electron chi connectivity index (χ3n) is 3.00. The number of hydrogen-bond donors (Lipinski definition) is 2. The third-order valence-corrected chi connectivity index (χ3v) is 3.00. The number of hydrogen-bond acceptors (Lipinski definition) is 6. The quantitative estimate of drug-likeness (QED) is 0.765. The van der Waals surface area contributed by atoms with Crippen molar-refractivity contribution in [2.45, 2.75) is 25.3 Å². The Morgan fingerprint density at radius 1 is 1.42 bits per heavy atom. The molecule has 0 bridgehead atoms. The van der Waals surface area contributed by atoms with Gasteiger partial charge in [-0.15, -0.1) is 0 Å². The van der Waals surface area contributed by atoms with Crippen LogP contribution in [0.3, 0.4) is 0 Å². The summed E-state index contributed by atoms with van der Waals surface area (Å²) in [5.74, 6) is 0.615. The fourth-order valence-electron chi connectivity index (χ4n) is 1.87. The fraction of sp³-hybridized carbons (Fsp3) is 0.583. The van der Waals surface area contributed by atoms with Gasteiger partial charge in [0.2, 0.25) is 17.7 Å². The normalized spacial score (nSPS) is 15.7. The zero-order valence-electron chi connectivity index (χ0n) is 10.9. The number of nitrogens with one attached hydrogen (secondary N) is 1. The SMILES string of the molecule is COc1cc(OC)nc(NC(CC(=O)O)C2CC2)n1. The minimum absolute atomic E-state index is 0.0492. The predicted octanol–water partition coefficient (Wildman–Crippen LogP) is 1.16. The van der Waals surface area contributed by atoms with E-state index in [-0.39, 0.29) is 12.5 Å². The highest BCUT2D eigenvalue weighted by Gasteiger charge is 2.33. The van der Waals surface area contributed by atoms with Gasteiger partial charge in [-0.25, -0.2) is 0 Å². The molecule has 7 heteroatoms. The Morgan fingerprint density at radius 2 is 2.00 bits per heavy atom. The van der Waals surface area contributed by atoms with Gasteiger partial charge < -0.3 is 19.9 Å². The second-order valence-corrected chi connectivity index (χ2v) is 4.46. The molecule has 0 spiro atoms. The van der Waals surface area contributed by atoms with Crippen molar-refractivity contribution in [2.24, 2.45) is 5.92 Å². The number of nitrogens with zero attached hydrogens (tertiary/aromatic N) is 2. The van der Waals surface area contributed by atoms with Gasteiger partial charge in [-0.1, -0.05) is 0 Å². The maximum atomic E-state index is 10.8. The molecule has 2 rings (SSSR count). The second-order valence-electron chi connectivity index (χ2n) is 4.46. The first-order valence-electron chi connectivity index (χ1n) is 6.07. The maximum absolute atomic E-state index is 10.8. The minimum atomic E-state index is -0.834. The van der Waals surface area contributed by atoms with Gasteiger partial charge in [0.1, 0.15) is 0 Å². The van der Waals surface area contributed by atoms with Crippen molar-refractivity contribution in [3.05, 3.63) is 6.07 Å². The molecule has 0 radical (unpaired) electrons. The van der Waals surface area contributed by atoms with E-state index in [1.807, 2.05) is 0 Å². The van der Waals surface area contributed by atoms with Crippen molar-refractivity contribution in [3.8, 4) is 11.8 Å². The molecule has 104 valence electrons. The van der Waals surface area contributed by atoms with E-state index in [1.54, 1.807) is 6.07 Å². The van der Waals surface area contributed by atoms with Crippen molar-refractivity contribution in [1.29, 1.82) is 0 Å². The van der Waals surface area contributed by atoms with Gasteiger partial charge >= 0.3 is 5.97 Å². The lowest BCUT2D eigenvalue weighted by Gasteiger charge is -2.16. The summed E-state index contributed by atoms with van der Waals surface area (Å²) in [6.45, 7) is 0. The molecule has 7 nitrogen and oxygen atoms in total. The number of methoxy groups -OCH3 is 2. The molecule has 1 aliphatic carbocycles. The van der Waals surface area contributed by atoms with Gasteiger partial charge in [-0.05, 0) is 18.8 Å². The molecule has 1 fully saturated rings. The van der Waals surface area contributed by atoms with Gasteiger partial charge in [0.05, 0.1) is 26.7 Å². The van der Waals surface area contributed by atoms with Crippen molar-refractivity contribution in [2.75, 3.05) is 19.5 Å². The highest BCUT2D eigenvalue weighted by atomic mass is 16.5. The molecule has 19 heavy (non-hydrogen) atoms. The number of carboxylic acid groups (broad SMARTS) is 1. The average Bonchev–Trinajstić information content (AvgIpc) is 3.21. The summed E-state index contributed by atoms with van der Waals surface area (Å²) < 4.78 is 10.1. The van der Waals surface area contributed by atoms with Crippen molar-refractivity contribution < 1.29 is 19.4 Å². The van der Waals surface area contributed by atoms with Crippen molar-refractivity contribution in [1.82, 2.24) is 9.97 Å². The lowest BCUT2D eigenvalue weighted by Crippen LogP contribution is -2.26. The van der Waals surface area contributed by atoms with Gasteiger partial charge in [0, 0.05) is 6.04 Å². The van der Waals surface area contributed by atoms with E-state index >= 15 is 0 Å². The summed E-state index contributed by atoms with van der Waals surface area (Å²) in [6, 6.07) is 1.41. The van der Waals surface area contributed by atoms with Crippen LogP contribution in [0.25, 0.3) is 0 Å². The summed E-state index contributed by atoms with van der Waals surface area (Å²) in [7, 11) is 3.00. The topological polar surface area (TPSA) is 93.6 Å². The van der Waals surface area contributed by atoms with E-state index in [4.69, 9.17) is 14.6 Å². The van der Waals surface area contributed by atoms with E-state index in [2.05, 4.69) is 15.3 Å². The second kappa shape index (κ2) is 5.73. The number of carbonyl (C=O) groups is 1. The first kappa shape index (κ1) is 13.4. The molecule has 0 aliphatic heterocycles. The molecular weight excluding hydrogens is 250 g/mol. The Kier molecular flexibility index (Phi) is 4.03. The number of ether oxygens (including phenoxy) is 2. The Balaban J connectivity index is 2.13. The number of carboxylic acids is 1. The Labute approximate surface area is 111 Å². The summed E-state index contributed by atoms with van der Waals surface area (Å²) in [5.41, 5.74) is 0. The molecule has 2 N–H and O–H groups in total. The molecular formula is C12H17N3O4. The monoisotopic (exact) mass is 267 g/mol. The van der Waals surface area contributed by atoms with Crippen LogP contribution < -0.4 is 14.8 Å². The standard InChI is InChI=1S/C12H17N3O4/c1-18-9-6-10(19-2)15-12(14-9)13-8(5-11(16)17)7-3-4-7/h6-8H,3-5H2,1-2H3,(H,16,17)(H,13,14,15). The Morgan fingerprint density at radius 3 is 2.42 bits per heavy atom. The summed E-state index contributed by atoms with van der Waals surface area (Å²) >= 11 is 0. The number of aliphatic carboxylic acids is 1. The fourth-order valence-corrected chi connectivity index (χ4v) is 1.87. The van der Waals surface area contributed by atoms with Crippen molar-refractivity contribution >= 4 is 11.9 Å². The average molecular weight is 267 g/mol. The number of rotatable bonds is 7.